The van der Waals surface area contributed by atoms with Gasteiger partial charge in [-0.2, -0.15) is 10.2 Å². The number of nitrogens with one attached hydrogen (secondary N) is 1. The Bertz CT molecular complexity index is 3310. The molecule has 2 aliphatic rings. The minimum absolute atomic E-state index is 0.0608. The molecule has 2 fully saturated rings. The second kappa shape index (κ2) is 27.3. The zero-order chi connectivity index (χ0) is 59.2. The number of aromatic nitrogens is 4. The number of aliphatic carboxylic acids is 1. The van der Waals surface area contributed by atoms with Crippen molar-refractivity contribution in [2.75, 3.05) is 66.6 Å². The van der Waals surface area contributed by atoms with Crippen molar-refractivity contribution in [1.82, 2.24) is 39.6 Å². The number of rotatable bonds is 10. The number of carboxylic acids is 1. The number of carboxylic acid groups (broad SMARTS) is 1. The Morgan fingerprint density at radius 3 is 1.42 bits per heavy atom. The van der Waals surface area contributed by atoms with Gasteiger partial charge in [0, 0.05) is 80.5 Å². The lowest BCUT2D eigenvalue weighted by Gasteiger charge is -2.26. The highest BCUT2D eigenvalue weighted by Gasteiger charge is 2.28. The number of amides is 3. The van der Waals surface area contributed by atoms with Crippen LogP contribution in [0, 0.1) is 36.4 Å². The van der Waals surface area contributed by atoms with Gasteiger partial charge in [-0.05, 0) is 108 Å². The lowest BCUT2D eigenvalue weighted by Crippen LogP contribution is -2.40. The average Bonchev–Trinajstić information content (AvgIpc) is 3.80. The number of nitrogens with zero attached hydrogens (tertiary/aromatic N) is 9. The van der Waals surface area contributed by atoms with Gasteiger partial charge in [-0.1, -0.05) is 36.4 Å². The number of ether oxygens (including phenoxy) is 4. The Balaban J connectivity index is 0.000000221. The highest BCUT2D eigenvalue weighted by molar-refractivity contribution is 5.84. The number of carbonyl (C=O) groups is 4. The Morgan fingerprint density at radius 1 is 0.568 bits per heavy atom. The van der Waals surface area contributed by atoms with Gasteiger partial charge in [0.15, 0.2) is 23.1 Å². The fourth-order valence-corrected chi connectivity index (χ4v) is 8.42. The molecule has 428 valence electrons. The SMILES string of the molecule is CC(C)(C)OC(=O)N1CCCNCC1.[C-]#[N+]c1ccc(-c2nn(CC(=O)N3CCCN(C(=O)OC(C)(C)C)CC3)cc2-c2ccc(OC)c(F)c2)cc1F.[C-]#[N+]c1ccc(-c2nn(CC(=O)O)cc2-c2ccc(OC)c(F)c2)cc1F. The number of benzene rings is 4. The molecule has 0 radical (unpaired) electrons. The summed E-state index contributed by atoms with van der Waals surface area (Å²) in [5.41, 5.74) is 1.86. The molecule has 3 amide bonds. The van der Waals surface area contributed by atoms with Crippen LogP contribution in [-0.4, -0.2) is 141 Å². The van der Waals surface area contributed by atoms with Crippen molar-refractivity contribution in [2.45, 2.75) is 78.7 Å². The van der Waals surface area contributed by atoms with Crippen LogP contribution in [-0.2, 0) is 32.2 Å². The molecule has 0 bridgehead atoms. The van der Waals surface area contributed by atoms with Crippen LogP contribution in [0.5, 0.6) is 11.5 Å². The van der Waals surface area contributed by atoms with Crippen LogP contribution in [0.4, 0.5) is 38.5 Å². The van der Waals surface area contributed by atoms with Gasteiger partial charge >= 0.3 is 18.2 Å². The molecule has 0 aliphatic carbocycles. The Labute approximate surface area is 467 Å². The summed E-state index contributed by atoms with van der Waals surface area (Å²) in [6.45, 7) is 29.6. The Morgan fingerprint density at radius 2 is 0.988 bits per heavy atom. The van der Waals surface area contributed by atoms with Crippen LogP contribution in [0.15, 0.2) is 85.2 Å². The van der Waals surface area contributed by atoms with E-state index in [1.54, 1.807) is 59.9 Å². The number of carbonyl (C=O) groups excluding carboxylic acids is 3. The Kier molecular flexibility index (Phi) is 20.6. The normalized spacial score (nSPS) is 13.6. The summed E-state index contributed by atoms with van der Waals surface area (Å²) in [5.74, 6) is -3.78. The summed E-state index contributed by atoms with van der Waals surface area (Å²) in [4.78, 5) is 59.6. The van der Waals surface area contributed by atoms with Crippen LogP contribution in [0.2, 0.25) is 0 Å². The first-order valence-corrected chi connectivity index (χ1v) is 25.7. The molecule has 19 nitrogen and oxygen atoms in total. The lowest BCUT2D eigenvalue weighted by molar-refractivity contribution is -0.138. The predicted octanol–water partition coefficient (Wildman–Crippen LogP) is 10.9. The first-order chi connectivity index (χ1) is 38.4. The van der Waals surface area contributed by atoms with Crippen LogP contribution < -0.4 is 14.8 Å². The molecule has 0 unspecified atom stereocenters. The standard InChI is InChI=1S/C29H31F2N5O4.C19H13F2N3O3.C10H20N2O2/c1-29(2,3)40-28(38)35-12-6-11-34(13-14-35)26(37)18-36-17-21(19-8-10-25(39-5)23(31)15-19)27(33-36)20-7-9-24(32-4)22(30)16-20;1-22-16-5-3-12(8-14(16)20)19-13(9-24(23-19)10-18(25)26)11-4-6-17(27-2)15(21)7-11;1-10(2,3)14-9(13)12-7-4-5-11-6-8-12/h7-10,15-17H,6,11-14,18H2,1-3,5H3;3-9H,10H2,2H3,(H,25,26);11H,4-8H2,1-3H3. The third kappa shape index (κ3) is 17.0. The van der Waals surface area contributed by atoms with E-state index in [1.807, 2.05) is 20.8 Å². The summed E-state index contributed by atoms with van der Waals surface area (Å²) < 4.78 is 80.5. The first kappa shape index (κ1) is 61.3. The Hall–Kier alpha value is -8.96. The van der Waals surface area contributed by atoms with E-state index in [4.69, 9.17) is 37.2 Å². The molecule has 0 saturated carbocycles. The van der Waals surface area contributed by atoms with Gasteiger partial charge in [-0.25, -0.2) is 36.8 Å². The van der Waals surface area contributed by atoms with E-state index >= 15 is 0 Å². The fourth-order valence-electron chi connectivity index (χ4n) is 8.42. The zero-order valence-corrected chi connectivity index (χ0v) is 46.3. The summed E-state index contributed by atoms with van der Waals surface area (Å²) in [6, 6.07) is 16.8. The maximum Gasteiger partial charge on any atom is 0.410 e. The molecule has 4 heterocycles. The van der Waals surface area contributed by atoms with E-state index in [0.29, 0.717) is 71.7 Å². The number of methoxy groups -OCH3 is 2. The van der Waals surface area contributed by atoms with Crippen molar-refractivity contribution in [2.24, 2.45) is 0 Å². The molecule has 2 N–H and O–H groups in total. The van der Waals surface area contributed by atoms with Gasteiger partial charge in [0.1, 0.15) is 47.3 Å². The smallest absolute Gasteiger partial charge is 0.410 e. The van der Waals surface area contributed by atoms with E-state index in [1.165, 1.54) is 78.3 Å². The molecule has 6 aromatic rings. The lowest BCUT2D eigenvalue weighted by atomic mass is 10.0. The van der Waals surface area contributed by atoms with Crippen LogP contribution >= 0.6 is 0 Å². The van der Waals surface area contributed by atoms with Crippen molar-refractivity contribution < 1.29 is 60.8 Å². The van der Waals surface area contributed by atoms with Gasteiger partial charge in [0.2, 0.25) is 17.3 Å². The third-order valence-electron chi connectivity index (χ3n) is 12.2. The maximum atomic E-state index is 14.6. The molecule has 23 heteroatoms. The van der Waals surface area contributed by atoms with Crippen LogP contribution in [0.25, 0.3) is 54.5 Å². The molecule has 4 aromatic carbocycles. The minimum Gasteiger partial charge on any atom is -0.494 e. The second-order valence-electron chi connectivity index (χ2n) is 20.6. The number of halogens is 4. The van der Waals surface area contributed by atoms with Gasteiger partial charge in [0.05, 0.1) is 27.4 Å². The summed E-state index contributed by atoms with van der Waals surface area (Å²) in [5, 5.41) is 21.0. The third-order valence-corrected chi connectivity index (χ3v) is 12.2. The van der Waals surface area contributed by atoms with Crippen molar-refractivity contribution in [3.05, 3.63) is 131 Å². The summed E-state index contributed by atoms with van der Waals surface area (Å²) in [7, 11) is 2.71. The van der Waals surface area contributed by atoms with E-state index < -0.39 is 53.1 Å². The molecule has 2 saturated heterocycles. The minimum atomic E-state index is -1.11. The van der Waals surface area contributed by atoms with E-state index in [2.05, 4.69) is 25.2 Å². The van der Waals surface area contributed by atoms with Gasteiger partial charge in [0.25, 0.3) is 0 Å². The van der Waals surface area contributed by atoms with Crippen molar-refractivity contribution in [3.63, 3.8) is 0 Å². The highest BCUT2D eigenvalue weighted by atomic mass is 19.1. The van der Waals surface area contributed by atoms with Crippen molar-refractivity contribution in [1.29, 1.82) is 0 Å². The molecule has 2 aromatic heterocycles. The van der Waals surface area contributed by atoms with Gasteiger partial charge < -0.3 is 44.1 Å². The summed E-state index contributed by atoms with van der Waals surface area (Å²) >= 11 is 0. The van der Waals surface area contributed by atoms with Crippen LogP contribution in [0.3, 0.4) is 0 Å². The topological polar surface area (TPSA) is 192 Å². The van der Waals surface area contributed by atoms with E-state index in [0.717, 1.165) is 38.7 Å². The van der Waals surface area contributed by atoms with E-state index in [-0.39, 0.29) is 47.1 Å². The van der Waals surface area contributed by atoms with Crippen molar-refractivity contribution in [3.8, 4) is 56.3 Å². The number of hydrogen-bond acceptors (Lipinski definition) is 11. The maximum absolute atomic E-state index is 14.6. The van der Waals surface area contributed by atoms with E-state index in [9.17, 15) is 36.7 Å². The summed E-state index contributed by atoms with van der Waals surface area (Å²) in [6.07, 6.45) is 4.05. The molecular weight excluding hydrogens is 1060 g/mol. The van der Waals surface area contributed by atoms with Crippen LogP contribution in [0.1, 0.15) is 54.4 Å². The molecule has 81 heavy (non-hydrogen) atoms. The quantitative estimate of drug-likeness (QED) is 0.0976. The molecular formula is C58H64F4N10O9. The highest BCUT2D eigenvalue weighted by Crippen LogP contribution is 2.37. The zero-order valence-electron chi connectivity index (χ0n) is 46.3. The predicted molar refractivity (Wildman–Crippen MR) is 294 cm³/mol. The second-order valence-corrected chi connectivity index (χ2v) is 20.6. The van der Waals surface area contributed by atoms with Crippen molar-refractivity contribution >= 4 is 35.4 Å². The molecule has 0 spiro atoms. The average molecular weight is 1120 g/mol. The van der Waals surface area contributed by atoms with Gasteiger partial charge in [-0.3, -0.25) is 19.0 Å². The molecule has 8 rings (SSSR count). The molecule has 0 atom stereocenters. The first-order valence-electron chi connectivity index (χ1n) is 25.7. The monoisotopic (exact) mass is 1120 g/mol. The largest absolute Gasteiger partial charge is 0.494 e. The fraction of sp³-hybridized carbons (Fsp3) is 0.379. The number of hydrogen-bond donors (Lipinski definition) is 2. The van der Waals surface area contributed by atoms with Gasteiger partial charge in [-0.15, -0.1) is 0 Å². The molecule has 2 aliphatic heterocycles.